The van der Waals surface area contributed by atoms with Gasteiger partial charge in [-0.1, -0.05) is 0 Å². The largest absolute Gasteiger partial charge is 0.287 e. The average Bonchev–Trinajstić information content (AvgIpc) is 2.28. The first-order chi connectivity index (χ1) is 7.39. The fraction of sp³-hybridized carbons (Fsp3) is 0.375. The molecule has 0 fully saturated rings. The van der Waals surface area contributed by atoms with Crippen molar-refractivity contribution in [3.63, 3.8) is 0 Å². The summed E-state index contributed by atoms with van der Waals surface area (Å²) in [5.41, 5.74) is -0.252. The highest BCUT2D eigenvalue weighted by Gasteiger charge is 2.24. The van der Waals surface area contributed by atoms with Gasteiger partial charge in [-0.2, -0.15) is 0 Å². The van der Waals surface area contributed by atoms with Gasteiger partial charge in [0.1, 0.15) is 6.20 Å². The lowest BCUT2D eigenvalue weighted by Gasteiger charge is -2.07. The van der Waals surface area contributed by atoms with Crippen molar-refractivity contribution in [2.75, 3.05) is 5.88 Å². The molecule has 1 aromatic rings. The Morgan fingerprint density at radius 1 is 1.56 bits per heavy atom. The third-order valence-corrected chi connectivity index (χ3v) is 4.67. The van der Waals surface area contributed by atoms with E-state index in [0.717, 1.165) is 18.3 Å². The van der Waals surface area contributed by atoms with Crippen LogP contribution in [0.1, 0.15) is 6.92 Å². The first-order valence-corrected chi connectivity index (χ1v) is 6.38. The third-order valence-electron chi connectivity index (χ3n) is 1.97. The van der Waals surface area contributed by atoms with Gasteiger partial charge in [-0.05, 0) is 13.0 Å². The number of hydrogen-bond acceptors (Lipinski definition) is 5. The number of nitrogens with zero attached hydrogens (tertiary/aromatic N) is 2. The summed E-state index contributed by atoms with van der Waals surface area (Å²) in [7, 11) is -3.60. The highest BCUT2D eigenvalue weighted by molar-refractivity contribution is 7.92. The second-order valence-electron chi connectivity index (χ2n) is 3.12. The van der Waals surface area contributed by atoms with Crippen LogP contribution in [0.2, 0.25) is 0 Å². The lowest BCUT2D eigenvalue weighted by atomic mass is 10.4. The third kappa shape index (κ3) is 2.48. The molecule has 1 rings (SSSR count). The summed E-state index contributed by atoms with van der Waals surface area (Å²) in [6.45, 7) is 1.45. The summed E-state index contributed by atoms with van der Waals surface area (Å²) < 4.78 is 23.5. The minimum Gasteiger partial charge on any atom is -0.258 e. The van der Waals surface area contributed by atoms with Crippen molar-refractivity contribution in [2.24, 2.45) is 0 Å². The van der Waals surface area contributed by atoms with Crippen LogP contribution >= 0.6 is 11.6 Å². The predicted molar refractivity (Wildman–Crippen MR) is 58.3 cm³/mol. The Morgan fingerprint density at radius 2 is 2.19 bits per heavy atom. The van der Waals surface area contributed by atoms with Gasteiger partial charge < -0.3 is 0 Å². The minimum absolute atomic E-state index is 0.0546. The van der Waals surface area contributed by atoms with Gasteiger partial charge in [0.15, 0.2) is 14.9 Å². The Kier molecular flexibility index (Phi) is 3.82. The maximum Gasteiger partial charge on any atom is 0.287 e. The standard InChI is InChI=1S/C8H9ClN2O4S/c1-6(4-9)16(14,15)8-3-2-7(5-10-8)11(12)13/h2-3,5-6H,4H2,1H3. The number of nitro groups is 1. The molecule has 0 aliphatic carbocycles. The zero-order valence-corrected chi connectivity index (χ0v) is 9.90. The van der Waals surface area contributed by atoms with Gasteiger partial charge in [0.2, 0.25) is 0 Å². The maximum absolute atomic E-state index is 11.7. The van der Waals surface area contributed by atoms with Crippen LogP contribution in [-0.4, -0.2) is 29.5 Å². The van der Waals surface area contributed by atoms with E-state index in [2.05, 4.69) is 4.98 Å². The Morgan fingerprint density at radius 3 is 2.56 bits per heavy atom. The number of pyridine rings is 1. The molecule has 0 spiro atoms. The molecule has 1 aromatic heterocycles. The van der Waals surface area contributed by atoms with Crippen LogP contribution in [0.25, 0.3) is 0 Å². The normalized spacial score (nSPS) is 13.4. The highest BCUT2D eigenvalue weighted by Crippen LogP contribution is 2.17. The number of hydrogen-bond donors (Lipinski definition) is 0. The molecule has 0 amide bonds. The first-order valence-electron chi connectivity index (χ1n) is 4.30. The van der Waals surface area contributed by atoms with Crippen LogP contribution in [0.4, 0.5) is 5.69 Å². The zero-order chi connectivity index (χ0) is 12.3. The fourth-order valence-electron chi connectivity index (χ4n) is 0.938. The number of rotatable bonds is 4. The van der Waals surface area contributed by atoms with E-state index in [9.17, 15) is 18.5 Å². The highest BCUT2D eigenvalue weighted by atomic mass is 35.5. The predicted octanol–water partition coefficient (Wildman–Crippen LogP) is 1.39. The second-order valence-corrected chi connectivity index (χ2v) is 5.74. The van der Waals surface area contributed by atoms with Gasteiger partial charge in [-0.3, -0.25) is 10.1 Å². The molecular formula is C8H9ClN2O4S. The van der Waals surface area contributed by atoms with E-state index < -0.39 is 20.0 Å². The van der Waals surface area contributed by atoms with E-state index in [1.54, 1.807) is 0 Å². The molecule has 0 bridgehead atoms. The average molecular weight is 265 g/mol. The van der Waals surface area contributed by atoms with E-state index in [4.69, 9.17) is 11.6 Å². The molecule has 0 aromatic carbocycles. The van der Waals surface area contributed by atoms with Crippen molar-refractivity contribution in [3.8, 4) is 0 Å². The van der Waals surface area contributed by atoms with Crippen LogP contribution in [-0.2, 0) is 9.84 Å². The Balaban J connectivity index is 3.12. The van der Waals surface area contributed by atoms with Crippen molar-refractivity contribution in [3.05, 3.63) is 28.4 Å². The molecule has 1 atom stereocenters. The van der Waals surface area contributed by atoms with E-state index >= 15 is 0 Å². The molecule has 8 heteroatoms. The molecule has 0 saturated heterocycles. The molecule has 0 saturated carbocycles. The number of aromatic nitrogens is 1. The molecular weight excluding hydrogens is 256 g/mol. The summed E-state index contributed by atoms with van der Waals surface area (Å²) in [5, 5.41) is 9.37. The van der Waals surface area contributed by atoms with Crippen molar-refractivity contribution >= 4 is 27.1 Å². The van der Waals surface area contributed by atoms with Crippen LogP contribution in [0.3, 0.4) is 0 Å². The van der Waals surface area contributed by atoms with Gasteiger partial charge in [0.25, 0.3) is 5.69 Å². The summed E-state index contributed by atoms with van der Waals surface area (Å²) in [6, 6.07) is 2.21. The van der Waals surface area contributed by atoms with Crippen molar-refractivity contribution < 1.29 is 13.3 Å². The number of sulfone groups is 1. The summed E-state index contributed by atoms with van der Waals surface area (Å²) in [4.78, 5) is 13.3. The second kappa shape index (κ2) is 4.75. The smallest absolute Gasteiger partial charge is 0.258 e. The molecule has 88 valence electrons. The molecule has 1 unspecified atom stereocenters. The fourth-order valence-corrected chi connectivity index (χ4v) is 2.47. The summed E-state index contributed by atoms with van der Waals surface area (Å²) in [6.07, 6.45) is 0.911. The van der Waals surface area contributed by atoms with E-state index in [0.29, 0.717) is 0 Å². The van der Waals surface area contributed by atoms with Crippen LogP contribution < -0.4 is 0 Å². The number of halogens is 1. The molecule has 0 aliphatic rings. The van der Waals surface area contributed by atoms with Crippen LogP contribution in [0, 0.1) is 10.1 Å². The van der Waals surface area contributed by atoms with Crippen molar-refractivity contribution in [2.45, 2.75) is 17.2 Å². The summed E-state index contributed by atoms with van der Waals surface area (Å²) in [5.74, 6) is -0.0546. The van der Waals surface area contributed by atoms with E-state index in [1.807, 2.05) is 0 Å². The molecule has 0 radical (unpaired) electrons. The summed E-state index contributed by atoms with van der Waals surface area (Å²) >= 11 is 5.45. The number of alkyl halides is 1. The Labute approximate surface area is 97.3 Å². The van der Waals surface area contributed by atoms with E-state index in [1.165, 1.54) is 6.92 Å². The van der Waals surface area contributed by atoms with E-state index in [-0.39, 0.29) is 16.6 Å². The maximum atomic E-state index is 11.7. The molecule has 16 heavy (non-hydrogen) atoms. The first kappa shape index (κ1) is 12.9. The Bertz CT molecular complexity index is 485. The van der Waals surface area contributed by atoms with Gasteiger partial charge in [0, 0.05) is 11.9 Å². The Hall–Kier alpha value is -1.21. The monoisotopic (exact) mass is 264 g/mol. The molecule has 6 nitrogen and oxygen atoms in total. The molecule has 0 aliphatic heterocycles. The van der Waals surface area contributed by atoms with Crippen LogP contribution in [0.5, 0.6) is 0 Å². The lowest BCUT2D eigenvalue weighted by molar-refractivity contribution is -0.385. The lowest BCUT2D eigenvalue weighted by Crippen LogP contribution is -2.20. The van der Waals surface area contributed by atoms with Crippen molar-refractivity contribution in [1.29, 1.82) is 0 Å². The van der Waals surface area contributed by atoms with Gasteiger partial charge >= 0.3 is 0 Å². The van der Waals surface area contributed by atoms with Gasteiger partial charge in [0.05, 0.1) is 10.2 Å². The SMILES string of the molecule is CC(CCl)S(=O)(=O)c1ccc([N+](=O)[O-])cn1. The zero-order valence-electron chi connectivity index (χ0n) is 8.33. The van der Waals surface area contributed by atoms with Crippen molar-refractivity contribution in [1.82, 2.24) is 4.98 Å². The molecule has 0 N–H and O–H groups in total. The van der Waals surface area contributed by atoms with Gasteiger partial charge in [-0.15, -0.1) is 11.6 Å². The topological polar surface area (TPSA) is 90.2 Å². The quantitative estimate of drug-likeness (QED) is 0.466. The molecule has 1 heterocycles. The van der Waals surface area contributed by atoms with Gasteiger partial charge in [-0.25, -0.2) is 13.4 Å². The van der Waals surface area contributed by atoms with Crippen LogP contribution in [0.15, 0.2) is 23.4 Å². The minimum atomic E-state index is -3.60.